The zero-order valence-corrected chi connectivity index (χ0v) is 15.0. The van der Waals surface area contributed by atoms with E-state index >= 15 is 0 Å². The third kappa shape index (κ3) is 2.36. The van der Waals surface area contributed by atoms with Crippen molar-refractivity contribution >= 4 is 29.4 Å². The predicted molar refractivity (Wildman–Crippen MR) is 89.8 cm³/mol. The van der Waals surface area contributed by atoms with E-state index in [-0.39, 0.29) is 12.3 Å². The number of anilines is 1. The van der Waals surface area contributed by atoms with Crippen molar-refractivity contribution in [1.29, 1.82) is 0 Å². The summed E-state index contributed by atoms with van der Waals surface area (Å²) in [6, 6.07) is 6.02. The van der Waals surface area contributed by atoms with Crippen molar-refractivity contribution in [1.82, 2.24) is 4.90 Å². The summed E-state index contributed by atoms with van der Waals surface area (Å²) >= 11 is 0. The van der Waals surface area contributed by atoms with E-state index in [9.17, 15) is 19.2 Å². The number of para-hydroxylation sites is 1. The molecule has 8 heteroatoms. The summed E-state index contributed by atoms with van der Waals surface area (Å²) in [7, 11) is 1.23. The summed E-state index contributed by atoms with van der Waals surface area (Å²) in [6.07, 6.45) is -0.924. The highest BCUT2D eigenvalue weighted by Crippen LogP contribution is 2.55. The molecule has 2 amide bonds. The molecule has 3 atom stereocenters. The van der Waals surface area contributed by atoms with Gasteiger partial charge in [-0.1, -0.05) is 18.2 Å². The number of benzene rings is 1. The molecule has 1 aromatic carbocycles. The molecular weight excluding hydrogens is 340 g/mol. The van der Waals surface area contributed by atoms with Crippen LogP contribution < -0.4 is 4.90 Å². The summed E-state index contributed by atoms with van der Waals surface area (Å²) in [4.78, 5) is 51.7. The van der Waals surface area contributed by atoms with Crippen molar-refractivity contribution in [3.8, 4) is 0 Å². The molecule has 0 bridgehead atoms. The van der Waals surface area contributed by atoms with Gasteiger partial charge in [-0.25, -0.2) is 4.79 Å². The number of hydrogen-bond acceptors (Lipinski definition) is 6. The van der Waals surface area contributed by atoms with E-state index in [1.807, 2.05) is 0 Å². The zero-order chi connectivity index (χ0) is 19.2. The quantitative estimate of drug-likeness (QED) is 0.729. The Kier molecular flexibility index (Phi) is 4.21. The van der Waals surface area contributed by atoms with Crippen molar-refractivity contribution in [2.45, 2.75) is 45.0 Å². The molecule has 3 rings (SSSR count). The van der Waals surface area contributed by atoms with Gasteiger partial charge in [-0.05, 0) is 6.07 Å². The first-order valence-corrected chi connectivity index (χ1v) is 8.20. The first-order chi connectivity index (χ1) is 12.2. The molecule has 1 aromatic rings. The summed E-state index contributed by atoms with van der Waals surface area (Å²) in [5.74, 6) is -1.93. The average Bonchev–Trinajstić information content (AvgIpc) is 3.02. The number of carbonyl (C=O) groups excluding carboxylic acids is 4. The maximum absolute atomic E-state index is 12.4. The van der Waals surface area contributed by atoms with E-state index in [2.05, 4.69) is 0 Å². The molecule has 2 aliphatic heterocycles. The minimum Gasteiger partial charge on any atom is -0.467 e. The molecule has 2 aliphatic rings. The molecule has 0 N–H and O–H groups in total. The molecule has 1 saturated heterocycles. The lowest BCUT2D eigenvalue weighted by molar-refractivity contribution is -0.162. The van der Waals surface area contributed by atoms with Crippen LogP contribution in [0.3, 0.4) is 0 Å². The van der Waals surface area contributed by atoms with Crippen LogP contribution in [0.15, 0.2) is 24.3 Å². The van der Waals surface area contributed by atoms with Gasteiger partial charge < -0.3 is 14.4 Å². The number of ether oxygens (including phenoxy) is 2. The fourth-order valence-electron chi connectivity index (χ4n) is 4.11. The molecule has 2 heterocycles. The molecule has 8 nitrogen and oxygen atoms in total. The molecule has 1 fully saturated rings. The minimum absolute atomic E-state index is 0.0181. The summed E-state index contributed by atoms with van der Waals surface area (Å²) in [6.45, 7) is 3.93. The van der Waals surface area contributed by atoms with Crippen LogP contribution in [-0.4, -0.2) is 48.0 Å². The van der Waals surface area contributed by atoms with Crippen LogP contribution in [0.5, 0.6) is 0 Å². The van der Waals surface area contributed by atoms with Crippen LogP contribution in [0.4, 0.5) is 5.69 Å². The van der Waals surface area contributed by atoms with Gasteiger partial charge >= 0.3 is 11.9 Å². The van der Waals surface area contributed by atoms with E-state index in [4.69, 9.17) is 9.47 Å². The highest BCUT2D eigenvalue weighted by atomic mass is 16.6. The molecule has 0 radical (unpaired) electrons. The monoisotopic (exact) mass is 360 g/mol. The van der Waals surface area contributed by atoms with Gasteiger partial charge in [0, 0.05) is 32.8 Å². The zero-order valence-electron chi connectivity index (χ0n) is 15.0. The number of hydrogen-bond donors (Lipinski definition) is 0. The van der Waals surface area contributed by atoms with Gasteiger partial charge in [0.15, 0.2) is 11.8 Å². The number of esters is 2. The van der Waals surface area contributed by atoms with Gasteiger partial charge in [-0.2, -0.15) is 0 Å². The van der Waals surface area contributed by atoms with Crippen LogP contribution in [0, 0.1) is 0 Å². The smallest absolute Gasteiger partial charge is 0.328 e. The number of likely N-dealkylation sites (tertiary alicyclic amines) is 1. The van der Waals surface area contributed by atoms with E-state index in [0.29, 0.717) is 11.3 Å². The number of nitrogens with zero attached hydrogens (tertiary/aromatic N) is 2. The van der Waals surface area contributed by atoms with Crippen molar-refractivity contribution in [2.75, 3.05) is 12.0 Å². The van der Waals surface area contributed by atoms with Crippen LogP contribution in [0.2, 0.25) is 0 Å². The fourth-order valence-corrected chi connectivity index (χ4v) is 4.11. The molecule has 138 valence electrons. The minimum atomic E-state index is -1.32. The third-order valence-corrected chi connectivity index (χ3v) is 4.88. The Morgan fingerprint density at radius 1 is 1.08 bits per heavy atom. The fraction of sp³-hybridized carbons (Fsp3) is 0.444. The topological polar surface area (TPSA) is 93.2 Å². The molecular formula is C18H20N2O6. The molecule has 0 unspecified atom stereocenters. The number of amides is 2. The molecule has 26 heavy (non-hydrogen) atoms. The highest BCUT2D eigenvalue weighted by Gasteiger charge is 2.66. The molecule has 0 aromatic heterocycles. The van der Waals surface area contributed by atoms with Gasteiger partial charge in [-0.15, -0.1) is 0 Å². The lowest BCUT2D eigenvalue weighted by Crippen LogP contribution is -2.56. The first-order valence-electron chi connectivity index (χ1n) is 8.20. The summed E-state index contributed by atoms with van der Waals surface area (Å²) in [5, 5.41) is 0. The summed E-state index contributed by atoms with van der Waals surface area (Å²) in [5.41, 5.74) is -0.174. The van der Waals surface area contributed by atoms with Crippen LogP contribution in [0.1, 0.15) is 32.8 Å². The second-order valence-electron chi connectivity index (χ2n) is 6.43. The first kappa shape index (κ1) is 17.9. The molecule has 0 spiro atoms. The van der Waals surface area contributed by atoms with Crippen LogP contribution in [0.25, 0.3) is 0 Å². The maximum atomic E-state index is 12.4. The Labute approximate surface area is 150 Å². The molecule has 0 aliphatic carbocycles. The number of carbonyl (C=O) groups is 4. The van der Waals surface area contributed by atoms with Crippen molar-refractivity contribution < 1.29 is 28.7 Å². The average molecular weight is 360 g/mol. The van der Waals surface area contributed by atoms with E-state index in [0.717, 1.165) is 0 Å². The highest BCUT2D eigenvalue weighted by molar-refractivity contribution is 5.98. The number of methoxy groups -OCH3 is 1. The lowest BCUT2D eigenvalue weighted by Gasteiger charge is -2.36. The van der Waals surface area contributed by atoms with Gasteiger partial charge in [-0.3, -0.25) is 19.3 Å². The number of fused-ring (bicyclic) bond motifs is 3. The van der Waals surface area contributed by atoms with Gasteiger partial charge in [0.1, 0.15) is 6.04 Å². The second-order valence-corrected chi connectivity index (χ2v) is 6.43. The molecule has 0 saturated carbocycles. The largest absolute Gasteiger partial charge is 0.467 e. The van der Waals surface area contributed by atoms with E-state index < -0.39 is 35.7 Å². The third-order valence-electron chi connectivity index (χ3n) is 4.88. The predicted octanol–water partition coefficient (Wildman–Crippen LogP) is 0.931. The van der Waals surface area contributed by atoms with E-state index in [1.165, 1.54) is 37.7 Å². The maximum Gasteiger partial charge on any atom is 0.328 e. The van der Waals surface area contributed by atoms with Crippen LogP contribution in [-0.2, 0) is 34.3 Å². The van der Waals surface area contributed by atoms with Crippen LogP contribution >= 0.6 is 0 Å². The SMILES string of the molecule is COC(=O)[C@H]1C[C@]2(OC(C)=O)c3ccccc3N(C(C)=O)[C@@H]2N1C(C)=O. The van der Waals surface area contributed by atoms with Crippen molar-refractivity contribution in [3.63, 3.8) is 0 Å². The normalized spacial score (nSPS) is 26.2. The van der Waals surface area contributed by atoms with Gasteiger partial charge in [0.05, 0.1) is 12.8 Å². The Bertz CT molecular complexity index is 807. The van der Waals surface area contributed by atoms with E-state index in [1.54, 1.807) is 24.3 Å². The Morgan fingerprint density at radius 2 is 1.73 bits per heavy atom. The summed E-state index contributed by atoms with van der Waals surface area (Å²) < 4.78 is 10.5. The standard InChI is InChI=1S/C18H20N2O6/c1-10(21)19-14-8-6-5-7-13(14)18(26-12(3)23)9-15(16(24)25-4)20(11(2)22)17(18)19/h5-8,15,17H,9H2,1-4H3/t15-,17-,18+/m1/s1. The number of rotatable bonds is 2. The van der Waals surface area contributed by atoms with Crippen molar-refractivity contribution in [3.05, 3.63) is 29.8 Å². The van der Waals surface area contributed by atoms with Crippen molar-refractivity contribution in [2.24, 2.45) is 0 Å². The van der Waals surface area contributed by atoms with Gasteiger partial charge in [0.2, 0.25) is 11.8 Å². The Morgan fingerprint density at radius 3 is 2.27 bits per heavy atom. The Hall–Kier alpha value is -2.90. The lowest BCUT2D eigenvalue weighted by atomic mass is 9.90. The second kappa shape index (κ2) is 6.12. The Balaban J connectivity index is 2.27. The van der Waals surface area contributed by atoms with Gasteiger partial charge in [0.25, 0.3) is 0 Å².